The normalized spacial score (nSPS) is 13.9. The predicted octanol–water partition coefficient (Wildman–Crippen LogP) is 4.30. The van der Waals surface area contributed by atoms with Crippen molar-refractivity contribution in [1.82, 2.24) is 9.57 Å². The molecule has 112 valence electrons. The lowest BCUT2D eigenvalue weighted by Gasteiger charge is -2.13. The summed E-state index contributed by atoms with van der Waals surface area (Å²) in [7, 11) is 0. The smallest absolute Gasteiger partial charge is 0.209 e. The summed E-state index contributed by atoms with van der Waals surface area (Å²) >= 11 is 0. The third-order valence-corrected chi connectivity index (χ3v) is 3.74. The van der Waals surface area contributed by atoms with E-state index in [-0.39, 0.29) is 0 Å². The summed E-state index contributed by atoms with van der Waals surface area (Å²) in [6.07, 6.45) is 8.57. The Morgan fingerprint density at radius 3 is 2.65 bits per heavy atom. The molecule has 0 unspecified atom stereocenters. The molecule has 0 aromatic carbocycles. The highest BCUT2D eigenvalue weighted by Gasteiger charge is 2.26. The average Bonchev–Trinajstić information content (AvgIpc) is 2.70. The highest BCUT2D eigenvalue weighted by molar-refractivity contribution is 5.88. The van der Waals surface area contributed by atoms with Gasteiger partial charge >= 0.3 is 5.84 Å². The molecule has 0 spiro atoms. The highest BCUT2D eigenvalue weighted by Crippen LogP contribution is 2.16. The van der Waals surface area contributed by atoms with Gasteiger partial charge in [0.15, 0.2) is 0 Å². The molecule has 0 amide bonds. The van der Waals surface area contributed by atoms with Crippen LogP contribution in [0.1, 0.15) is 72.6 Å². The van der Waals surface area contributed by atoms with Crippen molar-refractivity contribution >= 4 is 11.7 Å². The standard InChI is InChI=1S/C18H31N2/c1-15(2)10-7-6-8-12-18-14-19-17(5)20(18)13-9-11-16(3)4/h16H,1,6-13H2,2-5H3/q+1. The van der Waals surface area contributed by atoms with Gasteiger partial charge in [-0.15, -0.1) is 6.58 Å². The first-order valence-corrected chi connectivity index (χ1v) is 8.08. The first-order valence-electron chi connectivity index (χ1n) is 8.08. The summed E-state index contributed by atoms with van der Waals surface area (Å²) in [5.74, 6) is 5.11. The third-order valence-electron chi connectivity index (χ3n) is 3.74. The number of nitrogens with zero attached hydrogens (tertiary/aromatic N) is 2. The van der Waals surface area contributed by atoms with Crippen LogP contribution < -0.4 is 4.67 Å². The summed E-state index contributed by atoms with van der Waals surface area (Å²) in [6, 6.07) is 0. The van der Waals surface area contributed by atoms with Crippen molar-refractivity contribution < 1.29 is 0 Å². The Morgan fingerprint density at radius 1 is 1.25 bits per heavy atom. The van der Waals surface area contributed by atoms with Crippen LogP contribution in [-0.4, -0.2) is 23.2 Å². The minimum Gasteiger partial charge on any atom is -0.209 e. The maximum absolute atomic E-state index is 4.37. The lowest BCUT2D eigenvalue weighted by Crippen LogP contribution is -2.28. The molecular formula is C18H31N2+. The van der Waals surface area contributed by atoms with Crippen LogP contribution in [0.25, 0.3) is 0 Å². The number of amidine groups is 1. The fourth-order valence-electron chi connectivity index (χ4n) is 2.50. The van der Waals surface area contributed by atoms with E-state index in [1.807, 2.05) is 0 Å². The molecule has 1 aliphatic rings. The average molecular weight is 275 g/mol. The zero-order valence-corrected chi connectivity index (χ0v) is 13.8. The molecular weight excluding hydrogens is 244 g/mol. The molecule has 1 aliphatic heterocycles. The largest absolute Gasteiger partial charge is 0.359 e. The summed E-state index contributed by atoms with van der Waals surface area (Å²) in [5, 5.41) is 0. The second-order valence-corrected chi connectivity index (χ2v) is 6.42. The zero-order chi connectivity index (χ0) is 15.0. The fourth-order valence-corrected chi connectivity index (χ4v) is 2.50. The first kappa shape index (κ1) is 16.8. The van der Waals surface area contributed by atoms with Gasteiger partial charge in [-0.25, -0.2) is 4.90 Å². The fraction of sp³-hybridized carbons (Fsp3) is 0.722. The van der Waals surface area contributed by atoms with Crippen molar-refractivity contribution in [1.29, 1.82) is 0 Å². The van der Waals surface area contributed by atoms with Crippen molar-refractivity contribution in [3.05, 3.63) is 17.8 Å². The van der Waals surface area contributed by atoms with E-state index in [0.29, 0.717) is 0 Å². The zero-order valence-electron chi connectivity index (χ0n) is 13.8. The number of hydrogen-bond donors (Lipinski definition) is 0. The van der Waals surface area contributed by atoms with Crippen LogP contribution in [0.4, 0.5) is 0 Å². The Bertz CT molecular complexity index is 419. The molecule has 0 N–H and O–H groups in total. The SMILES string of the molecule is C=C(C)CCCCCC1=C=[N+]=C(C)N1CCCC(C)C. The van der Waals surface area contributed by atoms with Crippen LogP contribution >= 0.6 is 0 Å². The van der Waals surface area contributed by atoms with Crippen LogP contribution in [0.15, 0.2) is 17.8 Å². The molecule has 0 aromatic rings. The Kier molecular flexibility index (Phi) is 7.44. The molecule has 0 aliphatic carbocycles. The Hall–Kier alpha value is -1.23. The molecule has 0 saturated heterocycles. The van der Waals surface area contributed by atoms with Gasteiger partial charge in [-0.1, -0.05) is 25.8 Å². The van der Waals surface area contributed by atoms with E-state index in [1.165, 1.54) is 43.4 Å². The van der Waals surface area contributed by atoms with Crippen LogP contribution in [-0.2, 0) is 0 Å². The third kappa shape index (κ3) is 6.28. The van der Waals surface area contributed by atoms with Crippen molar-refractivity contribution in [3.63, 3.8) is 0 Å². The molecule has 0 aromatic heterocycles. The van der Waals surface area contributed by atoms with Gasteiger partial charge in [0.1, 0.15) is 0 Å². The van der Waals surface area contributed by atoms with Crippen molar-refractivity contribution in [2.45, 2.75) is 72.6 Å². The van der Waals surface area contributed by atoms with Crippen molar-refractivity contribution in [3.8, 4) is 0 Å². The van der Waals surface area contributed by atoms with Crippen molar-refractivity contribution in [2.24, 2.45) is 5.92 Å². The molecule has 20 heavy (non-hydrogen) atoms. The topological polar surface area (TPSA) is 17.3 Å². The number of allylic oxidation sites excluding steroid dienone is 2. The van der Waals surface area contributed by atoms with Gasteiger partial charge < -0.3 is 0 Å². The van der Waals surface area contributed by atoms with E-state index in [0.717, 1.165) is 31.1 Å². The predicted molar refractivity (Wildman–Crippen MR) is 90.0 cm³/mol. The summed E-state index contributed by atoms with van der Waals surface area (Å²) < 4.78 is 4.37. The summed E-state index contributed by atoms with van der Waals surface area (Å²) in [5.41, 5.74) is 2.59. The molecule has 2 heteroatoms. The molecule has 1 heterocycles. The lowest BCUT2D eigenvalue weighted by molar-refractivity contribution is 0.439. The lowest BCUT2D eigenvalue weighted by atomic mass is 10.1. The minimum atomic E-state index is 0.786. The molecule has 0 bridgehead atoms. The van der Waals surface area contributed by atoms with Crippen molar-refractivity contribution in [2.75, 3.05) is 6.54 Å². The quantitative estimate of drug-likeness (QED) is 0.330. The van der Waals surface area contributed by atoms with Crippen LogP contribution in [0.3, 0.4) is 0 Å². The van der Waals surface area contributed by atoms with E-state index < -0.39 is 0 Å². The molecule has 0 atom stereocenters. The van der Waals surface area contributed by atoms with Gasteiger partial charge in [-0.05, 0) is 44.9 Å². The molecule has 1 rings (SSSR count). The van der Waals surface area contributed by atoms with E-state index in [4.69, 9.17) is 0 Å². The molecule has 0 fully saturated rings. The maximum Gasteiger partial charge on any atom is 0.359 e. The Balaban J connectivity index is 2.29. The first-order chi connectivity index (χ1) is 9.50. The van der Waals surface area contributed by atoms with E-state index in [9.17, 15) is 0 Å². The van der Waals surface area contributed by atoms with Gasteiger partial charge in [0.05, 0.1) is 13.5 Å². The number of rotatable bonds is 10. The van der Waals surface area contributed by atoms with E-state index in [1.54, 1.807) is 0 Å². The summed E-state index contributed by atoms with van der Waals surface area (Å²) in [4.78, 5) is 2.36. The maximum atomic E-state index is 4.37. The summed E-state index contributed by atoms with van der Waals surface area (Å²) in [6.45, 7) is 13.8. The van der Waals surface area contributed by atoms with Crippen LogP contribution in [0.2, 0.25) is 0 Å². The van der Waals surface area contributed by atoms with Crippen LogP contribution in [0.5, 0.6) is 0 Å². The number of hydrogen-bond acceptors (Lipinski definition) is 1. The number of unbranched alkanes of at least 4 members (excludes halogenated alkanes) is 2. The van der Waals surface area contributed by atoms with E-state index >= 15 is 0 Å². The van der Waals surface area contributed by atoms with Gasteiger partial charge in [0.25, 0.3) is 0 Å². The van der Waals surface area contributed by atoms with Gasteiger partial charge in [0.2, 0.25) is 11.6 Å². The molecule has 2 nitrogen and oxygen atoms in total. The monoisotopic (exact) mass is 275 g/mol. The Morgan fingerprint density at radius 2 is 2.00 bits per heavy atom. The highest BCUT2D eigenvalue weighted by atomic mass is 15.2. The molecule has 0 radical (unpaired) electrons. The van der Waals surface area contributed by atoms with Gasteiger partial charge in [-0.2, -0.15) is 4.67 Å². The minimum absolute atomic E-state index is 0.786. The Labute approximate surface area is 125 Å². The van der Waals surface area contributed by atoms with Crippen LogP contribution in [0, 0.1) is 5.92 Å². The second kappa shape index (κ2) is 8.84. The second-order valence-electron chi connectivity index (χ2n) is 6.42. The molecule has 0 saturated carbocycles. The van der Waals surface area contributed by atoms with Gasteiger partial charge in [0, 0.05) is 6.42 Å². The van der Waals surface area contributed by atoms with E-state index in [2.05, 4.69) is 49.7 Å². The van der Waals surface area contributed by atoms with Gasteiger partial charge in [-0.3, -0.25) is 0 Å².